The van der Waals surface area contributed by atoms with Crippen molar-refractivity contribution in [2.45, 2.75) is 24.1 Å². The van der Waals surface area contributed by atoms with Crippen molar-refractivity contribution in [3.63, 3.8) is 0 Å². The number of alkyl halides is 2. The molecule has 0 fully saturated rings. The molecule has 0 aliphatic rings. The van der Waals surface area contributed by atoms with E-state index in [0.29, 0.717) is 6.54 Å². The number of aromatic nitrogens is 1. The molecule has 2 rings (SSSR count). The first-order valence-electron chi connectivity index (χ1n) is 6.05. The van der Waals surface area contributed by atoms with Crippen molar-refractivity contribution in [1.82, 2.24) is 4.98 Å². The number of thiazole rings is 1. The Labute approximate surface area is 126 Å². The summed E-state index contributed by atoms with van der Waals surface area (Å²) >= 11 is 1.54. The molecule has 0 aliphatic carbocycles. The second-order valence-electron chi connectivity index (χ2n) is 4.54. The molecule has 21 heavy (non-hydrogen) atoms. The van der Waals surface area contributed by atoms with Crippen LogP contribution in [-0.2, 0) is 16.4 Å². The summed E-state index contributed by atoms with van der Waals surface area (Å²) in [5, 5.41) is 2.88. The fraction of sp³-hybridized carbons (Fsp3) is 0.308. The van der Waals surface area contributed by atoms with E-state index in [1.54, 1.807) is 0 Å². The van der Waals surface area contributed by atoms with Gasteiger partial charge in [0.25, 0.3) is 0 Å². The predicted octanol–water partition coefficient (Wildman–Crippen LogP) is 3.08. The van der Waals surface area contributed by atoms with Gasteiger partial charge in [0.1, 0.15) is 5.01 Å². The molecule has 4 nitrogen and oxygen atoms in total. The molecule has 1 aromatic carbocycles. The summed E-state index contributed by atoms with van der Waals surface area (Å²) in [6.07, 6.45) is 0. The van der Waals surface area contributed by atoms with Crippen LogP contribution in [0.2, 0.25) is 0 Å². The largest absolute Gasteiger partial charge is 0.368 e. The zero-order valence-electron chi connectivity index (χ0n) is 11.5. The number of rotatable bonds is 5. The summed E-state index contributed by atoms with van der Waals surface area (Å²) in [7, 11) is -2.71. The van der Waals surface area contributed by atoms with Crippen molar-refractivity contribution in [2.24, 2.45) is 0 Å². The standard InChI is InChI=1S/C13H14F2N2O2S2/c1-9-8-20-12(16-9)7-17(2)10-3-5-11(6-4-10)21(18,19)13(14)15/h3-6,8,13H,7H2,1-2H3. The number of nitrogens with zero attached hydrogens (tertiary/aromatic N) is 2. The Morgan fingerprint density at radius 1 is 1.29 bits per heavy atom. The Balaban J connectivity index is 2.15. The number of halogens is 2. The quantitative estimate of drug-likeness (QED) is 0.844. The van der Waals surface area contributed by atoms with Gasteiger partial charge in [-0.25, -0.2) is 13.4 Å². The number of aryl methyl sites for hydroxylation is 1. The lowest BCUT2D eigenvalue weighted by Gasteiger charge is -2.18. The maximum Gasteiger partial charge on any atom is 0.341 e. The average molecular weight is 332 g/mol. The van der Waals surface area contributed by atoms with Crippen molar-refractivity contribution in [1.29, 1.82) is 0 Å². The Kier molecular flexibility index (Phi) is 4.58. The Hall–Kier alpha value is -1.54. The number of sulfone groups is 1. The average Bonchev–Trinajstić information content (AvgIpc) is 2.84. The molecule has 0 aliphatic heterocycles. The molecule has 0 unspecified atom stereocenters. The highest BCUT2D eigenvalue weighted by Gasteiger charge is 2.26. The van der Waals surface area contributed by atoms with E-state index in [4.69, 9.17) is 0 Å². The molecule has 1 aromatic heterocycles. The van der Waals surface area contributed by atoms with E-state index in [-0.39, 0.29) is 4.90 Å². The van der Waals surface area contributed by atoms with E-state index < -0.39 is 15.6 Å². The highest BCUT2D eigenvalue weighted by molar-refractivity contribution is 7.91. The third-order valence-electron chi connectivity index (χ3n) is 2.88. The van der Waals surface area contributed by atoms with Gasteiger partial charge in [0, 0.05) is 23.8 Å². The smallest absolute Gasteiger partial charge is 0.341 e. The third-order valence-corrected chi connectivity index (χ3v) is 5.23. The predicted molar refractivity (Wildman–Crippen MR) is 78.6 cm³/mol. The van der Waals surface area contributed by atoms with Crippen molar-refractivity contribution in [2.75, 3.05) is 11.9 Å². The molecule has 0 saturated carbocycles. The number of hydrogen-bond donors (Lipinski definition) is 0. The summed E-state index contributed by atoms with van der Waals surface area (Å²) in [5.41, 5.74) is 1.68. The van der Waals surface area contributed by atoms with Crippen LogP contribution in [0.15, 0.2) is 34.5 Å². The molecule has 0 radical (unpaired) electrons. The van der Waals surface area contributed by atoms with Crippen molar-refractivity contribution in [3.8, 4) is 0 Å². The van der Waals surface area contributed by atoms with E-state index in [1.165, 1.54) is 35.6 Å². The molecular formula is C13H14F2N2O2S2. The molecule has 1 heterocycles. The zero-order valence-corrected chi connectivity index (χ0v) is 13.1. The lowest BCUT2D eigenvalue weighted by molar-refractivity contribution is 0.234. The van der Waals surface area contributed by atoms with Gasteiger partial charge in [-0.3, -0.25) is 0 Å². The van der Waals surface area contributed by atoms with Gasteiger partial charge >= 0.3 is 5.76 Å². The highest BCUT2D eigenvalue weighted by atomic mass is 32.2. The SMILES string of the molecule is Cc1csc(CN(C)c2ccc(S(=O)(=O)C(F)F)cc2)n1. The minimum atomic E-state index is -4.54. The molecule has 0 saturated heterocycles. The lowest BCUT2D eigenvalue weighted by atomic mass is 10.3. The summed E-state index contributed by atoms with van der Waals surface area (Å²) in [5.74, 6) is -3.40. The van der Waals surface area contributed by atoms with Gasteiger partial charge in [-0.15, -0.1) is 11.3 Å². The van der Waals surface area contributed by atoms with Gasteiger partial charge in [-0.2, -0.15) is 8.78 Å². The van der Waals surface area contributed by atoms with Crippen molar-refractivity contribution >= 4 is 26.9 Å². The first-order valence-corrected chi connectivity index (χ1v) is 8.47. The Morgan fingerprint density at radius 3 is 2.38 bits per heavy atom. The van der Waals surface area contributed by atoms with E-state index in [2.05, 4.69) is 4.98 Å². The van der Waals surface area contributed by atoms with Gasteiger partial charge in [0.15, 0.2) is 0 Å². The lowest BCUT2D eigenvalue weighted by Crippen LogP contribution is -2.17. The zero-order chi connectivity index (χ0) is 15.6. The second-order valence-corrected chi connectivity index (χ2v) is 7.40. The molecular weight excluding hydrogens is 318 g/mol. The molecule has 0 bridgehead atoms. The van der Waals surface area contributed by atoms with E-state index in [0.717, 1.165) is 16.4 Å². The summed E-state index contributed by atoms with van der Waals surface area (Å²) < 4.78 is 47.6. The Morgan fingerprint density at radius 2 is 1.90 bits per heavy atom. The fourth-order valence-corrected chi connectivity index (χ4v) is 3.31. The maximum atomic E-state index is 12.4. The van der Waals surface area contributed by atoms with Gasteiger partial charge in [0.05, 0.1) is 11.4 Å². The van der Waals surface area contributed by atoms with Crippen LogP contribution < -0.4 is 4.90 Å². The second kappa shape index (κ2) is 6.07. The summed E-state index contributed by atoms with van der Waals surface area (Å²) in [6.45, 7) is 2.48. The van der Waals surface area contributed by atoms with Gasteiger partial charge in [-0.05, 0) is 31.2 Å². The van der Waals surface area contributed by atoms with Crippen LogP contribution in [-0.4, -0.2) is 26.2 Å². The monoisotopic (exact) mass is 332 g/mol. The molecule has 0 N–H and O–H groups in total. The molecule has 2 aromatic rings. The number of anilines is 1. The van der Waals surface area contributed by atoms with Crippen LogP contribution in [0.5, 0.6) is 0 Å². The minimum Gasteiger partial charge on any atom is -0.368 e. The van der Waals surface area contributed by atoms with E-state index in [1.807, 2.05) is 24.3 Å². The maximum absolute atomic E-state index is 12.4. The van der Waals surface area contributed by atoms with Gasteiger partial charge in [-0.1, -0.05) is 0 Å². The van der Waals surface area contributed by atoms with Crippen LogP contribution in [0.3, 0.4) is 0 Å². The van der Waals surface area contributed by atoms with E-state index >= 15 is 0 Å². The van der Waals surface area contributed by atoms with Crippen LogP contribution in [0, 0.1) is 6.92 Å². The molecule has 114 valence electrons. The van der Waals surface area contributed by atoms with Crippen LogP contribution in [0.25, 0.3) is 0 Å². The van der Waals surface area contributed by atoms with Crippen molar-refractivity contribution < 1.29 is 17.2 Å². The van der Waals surface area contributed by atoms with Crippen molar-refractivity contribution in [3.05, 3.63) is 40.3 Å². The number of benzene rings is 1. The summed E-state index contributed by atoms with van der Waals surface area (Å²) in [4.78, 5) is 5.83. The van der Waals surface area contributed by atoms with Gasteiger partial charge < -0.3 is 4.90 Å². The van der Waals surface area contributed by atoms with Gasteiger partial charge in [0.2, 0.25) is 9.84 Å². The topological polar surface area (TPSA) is 50.3 Å². The first kappa shape index (κ1) is 15.8. The van der Waals surface area contributed by atoms with Crippen LogP contribution in [0.4, 0.5) is 14.5 Å². The Bertz CT molecular complexity index is 712. The molecule has 0 spiro atoms. The molecule has 8 heteroatoms. The molecule has 0 atom stereocenters. The van der Waals surface area contributed by atoms with Crippen LogP contribution in [0.1, 0.15) is 10.7 Å². The normalized spacial score (nSPS) is 11.9. The highest BCUT2D eigenvalue weighted by Crippen LogP contribution is 2.23. The first-order chi connectivity index (χ1) is 9.80. The molecule has 0 amide bonds. The summed E-state index contributed by atoms with van der Waals surface area (Å²) in [6, 6.07) is 5.41. The van der Waals surface area contributed by atoms with Crippen LogP contribution >= 0.6 is 11.3 Å². The minimum absolute atomic E-state index is 0.375. The van der Waals surface area contributed by atoms with E-state index in [9.17, 15) is 17.2 Å². The third kappa shape index (κ3) is 3.56. The number of hydrogen-bond acceptors (Lipinski definition) is 5. The fourth-order valence-electron chi connectivity index (χ4n) is 1.76.